The number of aryl methyl sites for hydroxylation is 2. The maximum Gasteiger partial charge on any atom is 0.108 e. The van der Waals surface area contributed by atoms with Gasteiger partial charge in [0.15, 0.2) is 0 Å². The zero-order valence-corrected chi connectivity index (χ0v) is 8.71. The van der Waals surface area contributed by atoms with Gasteiger partial charge in [0.1, 0.15) is 6.10 Å². The highest BCUT2D eigenvalue weighted by Crippen LogP contribution is 2.35. The molecule has 72 valence electrons. The molecule has 1 N–H and O–H groups in total. The molecule has 13 heavy (non-hydrogen) atoms. The van der Waals surface area contributed by atoms with E-state index in [9.17, 15) is 5.11 Å². The van der Waals surface area contributed by atoms with E-state index in [0.29, 0.717) is 5.25 Å². The van der Waals surface area contributed by atoms with Crippen LogP contribution in [0, 0.1) is 0 Å². The molecule has 0 spiro atoms. The second-order valence-corrected chi connectivity index (χ2v) is 4.51. The molecule has 0 radical (unpaired) electrons. The molecule has 0 bridgehead atoms. The maximum atomic E-state index is 10.0. The molecule has 0 aromatic carbocycles. The summed E-state index contributed by atoms with van der Waals surface area (Å²) < 4.78 is 1.79. The fourth-order valence-corrected chi connectivity index (χ4v) is 2.69. The normalized spacial score (nSPS) is 27.3. The minimum atomic E-state index is -0.341. The van der Waals surface area contributed by atoms with Crippen molar-refractivity contribution < 1.29 is 5.11 Å². The fourth-order valence-electron chi connectivity index (χ4n) is 1.94. The van der Waals surface area contributed by atoms with Gasteiger partial charge in [-0.15, -0.1) is 0 Å². The van der Waals surface area contributed by atoms with Gasteiger partial charge in [0.25, 0.3) is 0 Å². The topological polar surface area (TPSA) is 38.0 Å². The molecule has 1 aliphatic rings. The predicted molar refractivity (Wildman–Crippen MR) is 53.8 cm³/mol. The molecule has 1 heterocycles. The van der Waals surface area contributed by atoms with Crippen molar-refractivity contribution in [3.8, 4) is 0 Å². The van der Waals surface area contributed by atoms with Gasteiger partial charge in [0.05, 0.1) is 11.9 Å². The Morgan fingerprint density at radius 1 is 1.69 bits per heavy atom. The first-order valence-corrected chi connectivity index (χ1v) is 5.74. The molecule has 2 rings (SSSR count). The average molecular weight is 198 g/mol. The fraction of sp³-hybridized carbons (Fsp3) is 0.667. The molecule has 2 atom stereocenters. The van der Waals surface area contributed by atoms with Crippen molar-refractivity contribution in [1.82, 2.24) is 9.78 Å². The highest BCUT2D eigenvalue weighted by atomic mass is 32.2. The number of thioether (sulfide) groups is 1. The molecule has 0 amide bonds. The number of hydrogen-bond donors (Lipinski definition) is 1. The Bertz CT molecular complexity index is 311. The van der Waals surface area contributed by atoms with Crippen LogP contribution >= 0.6 is 11.8 Å². The molecule has 0 saturated heterocycles. The number of rotatable bonds is 1. The SMILES string of the molecule is CSC1CCc2cnn(C)c2C1O. The first-order valence-electron chi connectivity index (χ1n) is 4.45. The van der Waals surface area contributed by atoms with Gasteiger partial charge in [-0.05, 0) is 24.7 Å². The molecule has 0 aliphatic heterocycles. The van der Waals surface area contributed by atoms with E-state index < -0.39 is 0 Å². The zero-order chi connectivity index (χ0) is 9.42. The van der Waals surface area contributed by atoms with Gasteiger partial charge in [-0.2, -0.15) is 16.9 Å². The number of aromatic nitrogens is 2. The molecule has 0 fully saturated rings. The summed E-state index contributed by atoms with van der Waals surface area (Å²) in [5.74, 6) is 0. The number of fused-ring (bicyclic) bond motifs is 1. The van der Waals surface area contributed by atoms with Gasteiger partial charge in [0.2, 0.25) is 0 Å². The molecule has 1 aliphatic carbocycles. The van der Waals surface area contributed by atoms with Crippen molar-refractivity contribution in [2.75, 3.05) is 6.26 Å². The third kappa shape index (κ3) is 1.38. The smallest absolute Gasteiger partial charge is 0.108 e. The Labute approximate surface area is 82.1 Å². The van der Waals surface area contributed by atoms with Crippen LogP contribution in [-0.2, 0) is 13.5 Å². The van der Waals surface area contributed by atoms with Crippen molar-refractivity contribution in [3.63, 3.8) is 0 Å². The summed E-state index contributed by atoms with van der Waals surface area (Å²) in [6.45, 7) is 0. The van der Waals surface area contributed by atoms with Crippen molar-refractivity contribution >= 4 is 11.8 Å². The monoisotopic (exact) mass is 198 g/mol. The maximum absolute atomic E-state index is 10.0. The van der Waals surface area contributed by atoms with E-state index in [2.05, 4.69) is 11.4 Å². The predicted octanol–water partition coefficient (Wildman–Crippen LogP) is 1.13. The molecule has 4 heteroatoms. The Balaban J connectivity index is 2.37. The van der Waals surface area contributed by atoms with Crippen LogP contribution in [0.15, 0.2) is 6.20 Å². The van der Waals surface area contributed by atoms with Gasteiger partial charge < -0.3 is 5.11 Å². The highest BCUT2D eigenvalue weighted by Gasteiger charge is 2.29. The van der Waals surface area contributed by atoms with Crippen LogP contribution in [0.4, 0.5) is 0 Å². The Hall–Kier alpha value is -0.480. The van der Waals surface area contributed by atoms with Crippen LogP contribution in [0.3, 0.4) is 0 Å². The minimum Gasteiger partial charge on any atom is -0.386 e. The standard InChI is InChI=1S/C9H14N2OS/c1-11-8-6(5-10-11)3-4-7(13-2)9(8)12/h5,7,9,12H,3-4H2,1-2H3. The second kappa shape index (κ2) is 3.35. The van der Waals surface area contributed by atoms with E-state index in [4.69, 9.17) is 0 Å². The summed E-state index contributed by atoms with van der Waals surface area (Å²) in [6, 6.07) is 0. The van der Waals surface area contributed by atoms with E-state index in [0.717, 1.165) is 18.5 Å². The van der Waals surface area contributed by atoms with Gasteiger partial charge in [0, 0.05) is 12.3 Å². The second-order valence-electron chi connectivity index (χ2n) is 3.44. The van der Waals surface area contributed by atoms with Crippen LogP contribution in [-0.4, -0.2) is 26.4 Å². The largest absolute Gasteiger partial charge is 0.386 e. The van der Waals surface area contributed by atoms with Crippen LogP contribution < -0.4 is 0 Å². The quantitative estimate of drug-likeness (QED) is 0.735. The van der Waals surface area contributed by atoms with Crippen molar-refractivity contribution in [1.29, 1.82) is 0 Å². The number of nitrogens with zero attached hydrogens (tertiary/aromatic N) is 2. The Kier molecular flexibility index (Phi) is 2.34. The molecule has 3 nitrogen and oxygen atoms in total. The zero-order valence-electron chi connectivity index (χ0n) is 7.90. The summed E-state index contributed by atoms with van der Waals surface area (Å²) in [7, 11) is 1.89. The van der Waals surface area contributed by atoms with Crippen LogP contribution in [0.1, 0.15) is 23.8 Å². The first kappa shape index (κ1) is 9.09. The summed E-state index contributed by atoms with van der Waals surface area (Å²) in [5, 5.41) is 14.5. The minimum absolute atomic E-state index is 0.336. The van der Waals surface area contributed by atoms with E-state index in [1.54, 1.807) is 16.4 Å². The van der Waals surface area contributed by atoms with Crippen LogP contribution in [0.2, 0.25) is 0 Å². The third-order valence-electron chi connectivity index (χ3n) is 2.70. The van der Waals surface area contributed by atoms with Gasteiger partial charge in [-0.3, -0.25) is 4.68 Å². The Morgan fingerprint density at radius 3 is 3.15 bits per heavy atom. The lowest BCUT2D eigenvalue weighted by atomic mass is 9.95. The van der Waals surface area contributed by atoms with E-state index in [1.165, 1.54) is 5.56 Å². The summed E-state index contributed by atoms with van der Waals surface area (Å²) >= 11 is 1.74. The number of aliphatic hydroxyl groups is 1. The van der Waals surface area contributed by atoms with Crippen molar-refractivity contribution in [2.45, 2.75) is 24.2 Å². The van der Waals surface area contributed by atoms with Gasteiger partial charge >= 0.3 is 0 Å². The number of aliphatic hydroxyl groups excluding tert-OH is 1. The average Bonchev–Trinajstić information content (AvgIpc) is 2.49. The summed E-state index contributed by atoms with van der Waals surface area (Å²) in [6.07, 6.45) is 5.68. The van der Waals surface area contributed by atoms with E-state index in [1.807, 2.05) is 13.2 Å². The van der Waals surface area contributed by atoms with Gasteiger partial charge in [-0.25, -0.2) is 0 Å². The highest BCUT2D eigenvalue weighted by molar-refractivity contribution is 7.99. The molecular formula is C9H14N2OS. The molecule has 1 aromatic rings. The lowest BCUT2D eigenvalue weighted by molar-refractivity contribution is 0.154. The number of hydrogen-bond acceptors (Lipinski definition) is 3. The van der Waals surface area contributed by atoms with E-state index >= 15 is 0 Å². The Morgan fingerprint density at radius 2 is 2.46 bits per heavy atom. The molecule has 0 saturated carbocycles. The summed E-state index contributed by atoms with van der Waals surface area (Å²) in [4.78, 5) is 0. The molecular weight excluding hydrogens is 184 g/mol. The lowest BCUT2D eigenvalue weighted by Crippen LogP contribution is -2.24. The van der Waals surface area contributed by atoms with Crippen LogP contribution in [0.5, 0.6) is 0 Å². The molecule has 2 unspecified atom stereocenters. The first-order chi connectivity index (χ1) is 6.24. The lowest BCUT2D eigenvalue weighted by Gasteiger charge is -2.26. The van der Waals surface area contributed by atoms with Crippen LogP contribution in [0.25, 0.3) is 0 Å². The van der Waals surface area contributed by atoms with Crippen molar-refractivity contribution in [3.05, 3.63) is 17.5 Å². The van der Waals surface area contributed by atoms with E-state index in [-0.39, 0.29) is 6.10 Å². The third-order valence-corrected chi connectivity index (χ3v) is 3.80. The van der Waals surface area contributed by atoms with Crippen molar-refractivity contribution in [2.24, 2.45) is 7.05 Å². The molecule has 1 aromatic heterocycles. The van der Waals surface area contributed by atoms with Gasteiger partial charge in [-0.1, -0.05) is 0 Å². The summed E-state index contributed by atoms with van der Waals surface area (Å²) in [5.41, 5.74) is 2.21.